The van der Waals surface area contributed by atoms with Crippen LogP contribution in [-0.4, -0.2) is 25.4 Å². The zero-order valence-electron chi connectivity index (χ0n) is 9.10. The van der Waals surface area contributed by atoms with Gasteiger partial charge in [-0.2, -0.15) is 13.2 Å². The summed E-state index contributed by atoms with van der Waals surface area (Å²) in [5.74, 6) is 5.63. The van der Waals surface area contributed by atoms with E-state index in [4.69, 9.17) is 5.84 Å². The molecule has 0 saturated carbocycles. The van der Waals surface area contributed by atoms with Gasteiger partial charge in [0.25, 0.3) is 0 Å². The van der Waals surface area contributed by atoms with E-state index < -0.39 is 12.8 Å². The first-order chi connectivity index (χ1) is 6.89. The zero-order chi connectivity index (χ0) is 11.9. The number of nitrogens with one attached hydrogen (secondary N) is 1. The van der Waals surface area contributed by atoms with Gasteiger partial charge in [0, 0.05) is 6.04 Å². The van der Waals surface area contributed by atoms with E-state index in [0.717, 1.165) is 6.42 Å². The van der Waals surface area contributed by atoms with E-state index in [1.807, 2.05) is 13.8 Å². The smallest absolute Gasteiger partial charge is 0.370 e. The molecule has 0 heterocycles. The highest BCUT2D eigenvalue weighted by Gasteiger charge is 2.27. The Morgan fingerprint density at radius 1 is 1.40 bits per heavy atom. The number of nitrogens with two attached hydrogens (primary N) is 1. The number of hydrogen-bond acceptors (Lipinski definition) is 3. The summed E-state index contributed by atoms with van der Waals surface area (Å²) in [5, 5.41) is 0. The third kappa shape index (κ3) is 8.65. The van der Waals surface area contributed by atoms with Gasteiger partial charge in [0.05, 0.1) is 6.61 Å². The number of alkyl halides is 3. The average Bonchev–Trinajstić information content (AvgIpc) is 2.14. The van der Waals surface area contributed by atoms with Crippen molar-refractivity contribution in [3.8, 4) is 0 Å². The molecule has 0 radical (unpaired) electrons. The van der Waals surface area contributed by atoms with E-state index in [9.17, 15) is 13.2 Å². The summed E-state index contributed by atoms with van der Waals surface area (Å²) < 4.78 is 39.8. The molecule has 15 heavy (non-hydrogen) atoms. The molecule has 0 spiro atoms. The topological polar surface area (TPSA) is 47.3 Å². The quantitative estimate of drug-likeness (QED) is 0.516. The number of hydrazine groups is 1. The molecule has 92 valence electrons. The average molecular weight is 228 g/mol. The minimum absolute atomic E-state index is 0.0135. The normalized spacial score (nSPS) is 16.4. The predicted octanol–water partition coefficient (Wildman–Crippen LogP) is 1.83. The van der Waals surface area contributed by atoms with Crippen molar-refractivity contribution in [2.24, 2.45) is 11.8 Å². The molecule has 6 heteroatoms. The van der Waals surface area contributed by atoms with Crippen LogP contribution in [0.15, 0.2) is 0 Å². The first-order valence-corrected chi connectivity index (χ1v) is 4.99. The summed E-state index contributed by atoms with van der Waals surface area (Å²) in [7, 11) is 0. The Morgan fingerprint density at radius 2 is 2.00 bits per heavy atom. The molecule has 0 saturated heterocycles. The van der Waals surface area contributed by atoms with Crippen LogP contribution in [0, 0.1) is 5.92 Å². The highest BCUT2D eigenvalue weighted by atomic mass is 19.4. The third-order valence-corrected chi connectivity index (χ3v) is 2.20. The van der Waals surface area contributed by atoms with Crippen LogP contribution in [0.25, 0.3) is 0 Å². The van der Waals surface area contributed by atoms with Crippen molar-refractivity contribution < 1.29 is 17.9 Å². The van der Waals surface area contributed by atoms with Gasteiger partial charge >= 0.3 is 6.18 Å². The molecular weight excluding hydrogens is 209 g/mol. The van der Waals surface area contributed by atoms with Crippen LogP contribution in [0.3, 0.4) is 0 Å². The molecule has 3 nitrogen and oxygen atoms in total. The van der Waals surface area contributed by atoms with Crippen LogP contribution >= 0.6 is 0 Å². The fourth-order valence-corrected chi connectivity index (χ4v) is 1.15. The Bertz CT molecular complexity index is 164. The van der Waals surface area contributed by atoms with Crippen molar-refractivity contribution >= 4 is 0 Å². The van der Waals surface area contributed by atoms with E-state index in [1.165, 1.54) is 0 Å². The molecule has 0 aliphatic rings. The fraction of sp³-hybridized carbons (Fsp3) is 1.00. The van der Waals surface area contributed by atoms with Crippen LogP contribution in [0.1, 0.15) is 26.7 Å². The second-order valence-electron chi connectivity index (χ2n) is 3.74. The number of halogens is 3. The van der Waals surface area contributed by atoms with Crippen molar-refractivity contribution in [1.82, 2.24) is 5.43 Å². The van der Waals surface area contributed by atoms with Crippen molar-refractivity contribution in [3.63, 3.8) is 0 Å². The van der Waals surface area contributed by atoms with Gasteiger partial charge in [-0.1, -0.05) is 20.3 Å². The van der Waals surface area contributed by atoms with Crippen LogP contribution in [0.4, 0.5) is 13.2 Å². The predicted molar refractivity (Wildman–Crippen MR) is 52.1 cm³/mol. The maximum atomic E-state index is 11.8. The lowest BCUT2D eigenvalue weighted by Gasteiger charge is -2.19. The molecule has 0 rings (SSSR count). The van der Waals surface area contributed by atoms with Crippen molar-refractivity contribution in [2.75, 3.05) is 13.2 Å². The maximum Gasteiger partial charge on any atom is 0.411 e. The summed E-state index contributed by atoms with van der Waals surface area (Å²) in [6, 6.07) is -0.220. The first-order valence-electron chi connectivity index (χ1n) is 4.99. The molecule has 0 aliphatic carbocycles. The molecule has 0 aromatic carbocycles. The molecule has 2 atom stereocenters. The van der Waals surface area contributed by atoms with Crippen LogP contribution in [-0.2, 0) is 4.74 Å². The zero-order valence-corrected chi connectivity index (χ0v) is 9.10. The van der Waals surface area contributed by atoms with E-state index in [0.29, 0.717) is 12.3 Å². The minimum atomic E-state index is -4.27. The number of hydrogen-bond donors (Lipinski definition) is 2. The monoisotopic (exact) mass is 228 g/mol. The largest absolute Gasteiger partial charge is 0.411 e. The Hall–Kier alpha value is -0.330. The molecule has 0 fully saturated rings. The summed E-state index contributed by atoms with van der Waals surface area (Å²) in [6.07, 6.45) is -2.59. The lowest BCUT2D eigenvalue weighted by molar-refractivity contribution is -0.175. The van der Waals surface area contributed by atoms with Gasteiger partial charge in [-0.3, -0.25) is 11.3 Å². The molecule has 0 aromatic heterocycles. The molecular formula is C9H19F3N2O. The fourth-order valence-electron chi connectivity index (χ4n) is 1.15. The number of ether oxygens (including phenoxy) is 1. The van der Waals surface area contributed by atoms with Crippen LogP contribution < -0.4 is 11.3 Å². The second-order valence-corrected chi connectivity index (χ2v) is 3.74. The SMILES string of the molecule is CCC(C)CC(COCC(F)(F)F)NN. The molecule has 0 aromatic rings. The van der Waals surface area contributed by atoms with Gasteiger partial charge in [-0.25, -0.2) is 0 Å². The molecule has 0 aliphatic heterocycles. The van der Waals surface area contributed by atoms with E-state index >= 15 is 0 Å². The summed E-state index contributed by atoms with van der Waals surface area (Å²) in [5.41, 5.74) is 2.46. The third-order valence-electron chi connectivity index (χ3n) is 2.20. The summed E-state index contributed by atoms with van der Waals surface area (Å²) in [6.45, 7) is 2.81. The van der Waals surface area contributed by atoms with Crippen molar-refractivity contribution in [2.45, 2.75) is 38.9 Å². The highest BCUT2D eigenvalue weighted by molar-refractivity contribution is 4.66. The maximum absolute atomic E-state index is 11.8. The van der Waals surface area contributed by atoms with E-state index in [2.05, 4.69) is 10.2 Å². The van der Waals surface area contributed by atoms with Gasteiger partial charge in [-0.05, 0) is 12.3 Å². The van der Waals surface area contributed by atoms with Crippen molar-refractivity contribution in [1.29, 1.82) is 0 Å². The first kappa shape index (κ1) is 14.7. The van der Waals surface area contributed by atoms with Gasteiger partial charge < -0.3 is 4.74 Å². The standard InChI is InChI=1S/C9H19F3N2O/c1-3-7(2)4-8(14-13)5-15-6-9(10,11)12/h7-8,14H,3-6,13H2,1-2H3. The van der Waals surface area contributed by atoms with Gasteiger partial charge in [0.15, 0.2) is 0 Å². The molecule has 0 amide bonds. The van der Waals surface area contributed by atoms with Crippen molar-refractivity contribution in [3.05, 3.63) is 0 Å². The number of rotatable bonds is 7. The molecule has 2 unspecified atom stereocenters. The molecule has 3 N–H and O–H groups in total. The van der Waals surface area contributed by atoms with Crippen LogP contribution in [0.5, 0.6) is 0 Å². The highest BCUT2D eigenvalue weighted by Crippen LogP contribution is 2.15. The Morgan fingerprint density at radius 3 is 2.40 bits per heavy atom. The second kappa shape index (κ2) is 7.03. The Balaban J connectivity index is 3.71. The van der Waals surface area contributed by atoms with Gasteiger partial charge in [-0.15, -0.1) is 0 Å². The Labute approximate surface area is 88.1 Å². The minimum Gasteiger partial charge on any atom is -0.370 e. The van der Waals surface area contributed by atoms with Crippen LogP contribution in [0.2, 0.25) is 0 Å². The van der Waals surface area contributed by atoms with E-state index in [1.54, 1.807) is 0 Å². The van der Waals surface area contributed by atoms with E-state index in [-0.39, 0.29) is 12.6 Å². The molecule has 0 bridgehead atoms. The summed E-state index contributed by atoms with van der Waals surface area (Å²) in [4.78, 5) is 0. The van der Waals surface area contributed by atoms with Gasteiger partial charge in [0.2, 0.25) is 0 Å². The summed E-state index contributed by atoms with van der Waals surface area (Å²) >= 11 is 0. The van der Waals surface area contributed by atoms with Gasteiger partial charge in [0.1, 0.15) is 6.61 Å². The lowest BCUT2D eigenvalue weighted by atomic mass is 10.0. The Kier molecular flexibility index (Phi) is 6.87. The lowest BCUT2D eigenvalue weighted by Crippen LogP contribution is -2.40.